The van der Waals surface area contributed by atoms with E-state index in [1.807, 2.05) is 12.1 Å². The fraction of sp³-hybridized carbons (Fsp3) is 0.316. The van der Waals surface area contributed by atoms with Gasteiger partial charge in [-0.05, 0) is 43.4 Å². The number of carbonyl (C=O) groups excluding carboxylic acids is 1. The van der Waals surface area contributed by atoms with Crippen molar-refractivity contribution in [3.8, 4) is 0 Å². The summed E-state index contributed by atoms with van der Waals surface area (Å²) < 4.78 is 39.0. The summed E-state index contributed by atoms with van der Waals surface area (Å²) in [4.78, 5) is 16.6. The molecule has 0 unspecified atom stereocenters. The first-order valence-electron chi connectivity index (χ1n) is 8.61. The van der Waals surface area contributed by atoms with Gasteiger partial charge in [-0.1, -0.05) is 12.1 Å². The predicted octanol–water partition coefficient (Wildman–Crippen LogP) is 4.10. The van der Waals surface area contributed by atoms with Crippen LogP contribution in [0.25, 0.3) is 0 Å². The van der Waals surface area contributed by atoms with E-state index in [1.165, 1.54) is 18.2 Å². The third kappa shape index (κ3) is 4.91. The molecular weight excluding hydrogens is 357 g/mol. The molecule has 2 aromatic carbocycles. The number of para-hydroxylation sites is 1. The average molecular weight is 378 g/mol. The standard InChI is InChI=1S/C19H21F3N4O/c1-25-10-12-26(13-11-25)15-8-6-14(7-9-15)23-18(27)24-17-5-3-2-4-16(17)19(20,21)22/h2-9H,10-13H2,1H3,(H2,23,24,27). The lowest BCUT2D eigenvalue weighted by Gasteiger charge is -2.34. The molecule has 0 aromatic heterocycles. The summed E-state index contributed by atoms with van der Waals surface area (Å²) in [6, 6.07) is 11.4. The first-order valence-corrected chi connectivity index (χ1v) is 8.61. The lowest BCUT2D eigenvalue weighted by atomic mass is 10.1. The minimum atomic E-state index is -4.53. The number of hydrogen-bond acceptors (Lipinski definition) is 3. The van der Waals surface area contributed by atoms with E-state index in [9.17, 15) is 18.0 Å². The van der Waals surface area contributed by atoms with Crippen molar-refractivity contribution >= 4 is 23.1 Å². The van der Waals surface area contributed by atoms with Gasteiger partial charge in [0.15, 0.2) is 0 Å². The van der Waals surface area contributed by atoms with Gasteiger partial charge in [0.25, 0.3) is 0 Å². The summed E-state index contributed by atoms with van der Waals surface area (Å²) >= 11 is 0. The van der Waals surface area contributed by atoms with Crippen LogP contribution in [0.5, 0.6) is 0 Å². The van der Waals surface area contributed by atoms with Gasteiger partial charge in [-0.2, -0.15) is 13.2 Å². The predicted molar refractivity (Wildman–Crippen MR) is 100 cm³/mol. The second-order valence-electron chi connectivity index (χ2n) is 6.46. The highest BCUT2D eigenvalue weighted by Gasteiger charge is 2.33. The van der Waals surface area contributed by atoms with Crippen LogP contribution in [0, 0.1) is 0 Å². The van der Waals surface area contributed by atoms with Crippen LogP contribution in [0.4, 0.5) is 35.0 Å². The Morgan fingerprint density at radius 3 is 2.19 bits per heavy atom. The van der Waals surface area contributed by atoms with Gasteiger partial charge in [-0.25, -0.2) is 4.79 Å². The van der Waals surface area contributed by atoms with Crippen LogP contribution >= 0.6 is 0 Å². The van der Waals surface area contributed by atoms with Crippen molar-refractivity contribution in [3.63, 3.8) is 0 Å². The summed E-state index contributed by atoms with van der Waals surface area (Å²) in [6.45, 7) is 3.83. The Bertz CT molecular complexity index is 784. The molecule has 0 saturated carbocycles. The monoisotopic (exact) mass is 378 g/mol. The van der Waals surface area contributed by atoms with E-state index in [2.05, 4.69) is 27.5 Å². The largest absolute Gasteiger partial charge is 0.418 e. The number of piperazine rings is 1. The highest BCUT2D eigenvalue weighted by molar-refractivity contribution is 6.00. The molecule has 8 heteroatoms. The van der Waals surface area contributed by atoms with Gasteiger partial charge >= 0.3 is 12.2 Å². The van der Waals surface area contributed by atoms with Crippen LogP contribution in [0.2, 0.25) is 0 Å². The quantitative estimate of drug-likeness (QED) is 0.845. The lowest BCUT2D eigenvalue weighted by Crippen LogP contribution is -2.44. The van der Waals surface area contributed by atoms with Crippen molar-refractivity contribution in [2.45, 2.75) is 6.18 Å². The third-order valence-electron chi connectivity index (χ3n) is 4.47. The summed E-state index contributed by atoms with van der Waals surface area (Å²) in [5.74, 6) is 0. The third-order valence-corrected chi connectivity index (χ3v) is 4.47. The minimum absolute atomic E-state index is 0.281. The normalized spacial score (nSPS) is 15.5. The number of likely N-dealkylation sites (N-methyl/N-ethyl adjacent to an activating group) is 1. The maximum atomic E-state index is 13.0. The molecule has 1 aliphatic heterocycles. The second kappa shape index (κ2) is 7.87. The summed E-state index contributed by atoms with van der Waals surface area (Å²) in [6.07, 6.45) is -4.53. The molecule has 0 radical (unpaired) electrons. The van der Waals surface area contributed by atoms with Crippen molar-refractivity contribution in [2.24, 2.45) is 0 Å². The summed E-state index contributed by atoms with van der Waals surface area (Å²) in [5.41, 5.74) is 0.397. The van der Waals surface area contributed by atoms with E-state index in [4.69, 9.17) is 0 Å². The zero-order valence-corrected chi connectivity index (χ0v) is 14.9. The fourth-order valence-corrected chi connectivity index (χ4v) is 2.94. The number of amides is 2. The highest BCUT2D eigenvalue weighted by atomic mass is 19.4. The molecule has 27 heavy (non-hydrogen) atoms. The zero-order chi connectivity index (χ0) is 19.4. The first kappa shape index (κ1) is 19.0. The van der Waals surface area contributed by atoms with Crippen LogP contribution in [0.15, 0.2) is 48.5 Å². The average Bonchev–Trinajstić information content (AvgIpc) is 2.62. The molecule has 1 aliphatic rings. The number of halogens is 3. The Kier molecular flexibility index (Phi) is 5.55. The van der Waals surface area contributed by atoms with Gasteiger partial charge in [0.05, 0.1) is 11.3 Å². The van der Waals surface area contributed by atoms with E-state index in [1.54, 1.807) is 12.1 Å². The molecule has 2 N–H and O–H groups in total. The van der Waals surface area contributed by atoms with Crippen molar-refractivity contribution < 1.29 is 18.0 Å². The van der Waals surface area contributed by atoms with Crippen LogP contribution in [-0.2, 0) is 6.18 Å². The molecular formula is C19H21F3N4O. The SMILES string of the molecule is CN1CCN(c2ccc(NC(=O)Nc3ccccc3C(F)(F)F)cc2)CC1. The number of urea groups is 1. The van der Waals surface area contributed by atoms with Crippen LogP contribution in [0.1, 0.15) is 5.56 Å². The number of nitrogens with zero attached hydrogens (tertiary/aromatic N) is 2. The molecule has 1 heterocycles. The molecule has 1 saturated heterocycles. The number of hydrogen-bond donors (Lipinski definition) is 2. The van der Waals surface area contributed by atoms with Crippen molar-refractivity contribution in [3.05, 3.63) is 54.1 Å². The van der Waals surface area contributed by atoms with E-state index < -0.39 is 17.8 Å². The first-order chi connectivity index (χ1) is 12.8. The van der Waals surface area contributed by atoms with Crippen LogP contribution in [-0.4, -0.2) is 44.2 Å². The van der Waals surface area contributed by atoms with Gasteiger partial charge in [0, 0.05) is 37.6 Å². The molecule has 0 bridgehead atoms. The van der Waals surface area contributed by atoms with E-state index in [0.29, 0.717) is 5.69 Å². The maximum absolute atomic E-state index is 13.0. The van der Waals surface area contributed by atoms with Crippen LogP contribution in [0.3, 0.4) is 0 Å². The Labute approximate surface area is 155 Å². The van der Waals surface area contributed by atoms with E-state index in [0.717, 1.165) is 37.9 Å². The molecule has 1 fully saturated rings. The van der Waals surface area contributed by atoms with Crippen molar-refractivity contribution in [1.29, 1.82) is 0 Å². The molecule has 0 aliphatic carbocycles. The molecule has 144 valence electrons. The Hall–Kier alpha value is -2.74. The zero-order valence-electron chi connectivity index (χ0n) is 14.9. The second-order valence-corrected chi connectivity index (χ2v) is 6.46. The van der Waals surface area contributed by atoms with Gasteiger partial charge in [-0.3, -0.25) is 0 Å². The van der Waals surface area contributed by atoms with Crippen LogP contribution < -0.4 is 15.5 Å². The number of benzene rings is 2. The lowest BCUT2D eigenvalue weighted by molar-refractivity contribution is -0.136. The number of nitrogens with one attached hydrogen (secondary N) is 2. The highest BCUT2D eigenvalue weighted by Crippen LogP contribution is 2.34. The Morgan fingerprint density at radius 1 is 0.926 bits per heavy atom. The van der Waals surface area contributed by atoms with Crippen molar-refractivity contribution in [2.75, 3.05) is 48.8 Å². The topological polar surface area (TPSA) is 47.6 Å². The van der Waals surface area contributed by atoms with E-state index in [-0.39, 0.29) is 5.69 Å². The Balaban J connectivity index is 1.62. The number of rotatable bonds is 3. The minimum Gasteiger partial charge on any atom is -0.369 e. The maximum Gasteiger partial charge on any atom is 0.418 e. The number of anilines is 3. The molecule has 3 rings (SSSR count). The molecule has 5 nitrogen and oxygen atoms in total. The molecule has 2 aromatic rings. The number of carbonyl (C=O) groups is 1. The van der Waals surface area contributed by atoms with Gasteiger partial charge in [-0.15, -0.1) is 0 Å². The summed E-state index contributed by atoms with van der Waals surface area (Å²) in [7, 11) is 2.08. The Morgan fingerprint density at radius 2 is 1.56 bits per heavy atom. The molecule has 0 spiro atoms. The molecule has 2 amide bonds. The van der Waals surface area contributed by atoms with E-state index >= 15 is 0 Å². The molecule has 0 atom stereocenters. The summed E-state index contributed by atoms with van der Waals surface area (Å²) in [5, 5.41) is 4.82. The smallest absolute Gasteiger partial charge is 0.369 e. The van der Waals surface area contributed by atoms with Gasteiger partial charge in [0.1, 0.15) is 0 Å². The number of alkyl halides is 3. The van der Waals surface area contributed by atoms with Crippen molar-refractivity contribution in [1.82, 2.24) is 4.90 Å². The van der Waals surface area contributed by atoms with Gasteiger partial charge < -0.3 is 20.4 Å². The van der Waals surface area contributed by atoms with Gasteiger partial charge in [0.2, 0.25) is 0 Å². The fourth-order valence-electron chi connectivity index (χ4n) is 2.94.